The van der Waals surface area contributed by atoms with Crippen LogP contribution in [-0.4, -0.2) is 38.8 Å². The lowest BCUT2D eigenvalue weighted by atomic mass is 10.1. The van der Waals surface area contributed by atoms with E-state index < -0.39 is 5.25 Å². The third-order valence-corrected chi connectivity index (χ3v) is 5.80. The fraction of sp³-hybridized carbons (Fsp3) is 0.286. The molecule has 0 aliphatic carbocycles. The van der Waals surface area contributed by atoms with E-state index in [2.05, 4.69) is 10.2 Å². The van der Waals surface area contributed by atoms with Gasteiger partial charge in [-0.2, -0.15) is 0 Å². The quantitative estimate of drug-likeness (QED) is 0.488. The monoisotopic (exact) mass is 395 g/mol. The van der Waals surface area contributed by atoms with E-state index in [9.17, 15) is 4.79 Å². The zero-order valence-corrected chi connectivity index (χ0v) is 17.2. The van der Waals surface area contributed by atoms with E-state index in [1.807, 2.05) is 80.3 Å². The number of thioether (sulfide) groups is 1. The van der Waals surface area contributed by atoms with Gasteiger partial charge in [0.15, 0.2) is 5.82 Å². The first kappa shape index (κ1) is 19.9. The van der Waals surface area contributed by atoms with Crippen molar-refractivity contribution in [1.29, 1.82) is 0 Å². The Morgan fingerprint density at radius 1 is 1.07 bits per heavy atom. The second kappa shape index (κ2) is 8.93. The average Bonchev–Trinajstić information content (AvgIpc) is 3.08. The largest absolute Gasteiger partial charge is 0.342 e. The molecule has 3 aromatic rings. The topological polar surface area (TPSA) is 77.0 Å². The fourth-order valence-corrected chi connectivity index (χ4v) is 3.99. The van der Waals surface area contributed by atoms with Gasteiger partial charge in [0.25, 0.3) is 0 Å². The Morgan fingerprint density at radius 2 is 1.71 bits per heavy atom. The van der Waals surface area contributed by atoms with Gasteiger partial charge in [-0.3, -0.25) is 4.79 Å². The molecule has 6 nitrogen and oxygen atoms in total. The number of aryl methyl sites for hydroxylation is 1. The van der Waals surface area contributed by atoms with Gasteiger partial charge in [-0.15, -0.1) is 10.2 Å². The van der Waals surface area contributed by atoms with E-state index >= 15 is 0 Å². The zero-order chi connectivity index (χ0) is 20.1. The minimum absolute atomic E-state index is 0.0427. The number of amides is 1. The smallest absolute Gasteiger partial charge is 0.240 e. The third kappa shape index (κ3) is 4.20. The number of nitrogens with two attached hydrogens (primary N) is 1. The van der Waals surface area contributed by atoms with Gasteiger partial charge in [0.1, 0.15) is 5.25 Å². The number of carbonyl (C=O) groups is 1. The molecule has 2 aromatic carbocycles. The van der Waals surface area contributed by atoms with Crippen molar-refractivity contribution in [2.75, 3.05) is 18.9 Å². The van der Waals surface area contributed by atoms with Crippen LogP contribution in [-0.2, 0) is 4.79 Å². The van der Waals surface area contributed by atoms with Gasteiger partial charge < -0.3 is 10.7 Å². The summed E-state index contributed by atoms with van der Waals surface area (Å²) in [5.41, 5.74) is 2.97. The maximum Gasteiger partial charge on any atom is 0.240 e. The van der Waals surface area contributed by atoms with Crippen molar-refractivity contribution < 1.29 is 4.79 Å². The number of hydrogen-bond acceptors (Lipinski definition) is 5. The Morgan fingerprint density at radius 3 is 2.32 bits per heavy atom. The normalized spacial score (nSPS) is 12.0. The second-order valence-electron chi connectivity index (χ2n) is 6.46. The molecule has 146 valence electrons. The number of benzene rings is 2. The Labute approximate surface area is 169 Å². The van der Waals surface area contributed by atoms with Crippen LogP contribution in [0, 0.1) is 6.92 Å². The minimum atomic E-state index is -0.432. The Kier molecular flexibility index (Phi) is 6.36. The molecular weight excluding hydrogens is 370 g/mol. The summed E-state index contributed by atoms with van der Waals surface area (Å²) >= 11 is 1.33. The van der Waals surface area contributed by atoms with Crippen LogP contribution in [0.4, 0.5) is 0 Å². The highest BCUT2D eigenvalue weighted by atomic mass is 32.2. The summed E-state index contributed by atoms with van der Waals surface area (Å²) < 4.78 is 1.46. The van der Waals surface area contributed by atoms with Gasteiger partial charge >= 0.3 is 0 Å². The minimum Gasteiger partial charge on any atom is -0.342 e. The second-order valence-corrected chi connectivity index (χ2v) is 7.53. The van der Waals surface area contributed by atoms with Gasteiger partial charge in [-0.25, -0.2) is 4.68 Å². The molecule has 0 saturated heterocycles. The number of aromatic nitrogens is 3. The van der Waals surface area contributed by atoms with E-state index in [-0.39, 0.29) is 5.91 Å². The van der Waals surface area contributed by atoms with Crippen LogP contribution in [0.1, 0.15) is 30.2 Å². The molecule has 0 spiro atoms. The van der Waals surface area contributed by atoms with Crippen LogP contribution in [0.15, 0.2) is 59.8 Å². The first-order valence-corrected chi connectivity index (χ1v) is 10.2. The number of rotatable bonds is 7. The summed E-state index contributed by atoms with van der Waals surface area (Å²) in [7, 11) is 0. The van der Waals surface area contributed by atoms with Crippen molar-refractivity contribution in [1.82, 2.24) is 19.8 Å². The van der Waals surface area contributed by atoms with E-state index in [0.717, 1.165) is 16.7 Å². The molecule has 1 aromatic heterocycles. The molecule has 1 heterocycles. The van der Waals surface area contributed by atoms with Crippen molar-refractivity contribution in [2.24, 2.45) is 0 Å². The molecule has 3 rings (SSSR count). The maximum atomic E-state index is 13.1. The summed E-state index contributed by atoms with van der Waals surface area (Å²) in [4.78, 5) is 15.0. The Bertz CT molecular complexity index is 920. The van der Waals surface area contributed by atoms with Crippen LogP contribution < -0.4 is 5.84 Å². The number of likely N-dealkylation sites (N-methyl/N-ethyl adjacent to an activating group) is 1. The summed E-state index contributed by atoms with van der Waals surface area (Å²) in [6.45, 7) is 7.30. The molecule has 0 unspecified atom stereocenters. The predicted octanol–water partition coefficient (Wildman–Crippen LogP) is 3.67. The average molecular weight is 396 g/mol. The molecule has 1 amide bonds. The van der Waals surface area contributed by atoms with Crippen molar-refractivity contribution in [2.45, 2.75) is 31.2 Å². The van der Waals surface area contributed by atoms with E-state index in [0.29, 0.717) is 24.1 Å². The Hall–Kier alpha value is -2.80. The molecule has 0 aliphatic heterocycles. The lowest BCUT2D eigenvalue weighted by Gasteiger charge is -2.24. The van der Waals surface area contributed by atoms with Gasteiger partial charge in [-0.05, 0) is 26.3 Å². The molecule has 7 heteroatoms. The van der Waals surface area contributed by atoms with Crippen LogP contribution in [0.25, 0.3) is 11.4 Å². The third-order valence-electron chi connectivity index (χ3n) is 4.60. The zero-order valence-electron chi connectivity index (χ0n) is 16.4. The van der Waals surface area contributed by atoms with Crippen LogP contribution in [0.5, 0.6) is 0 Å². The molecular formula is C21H25N5OS. The fourth-order valence-electron chi connectivity index (χ4n) is 2.95. The highest BCUT2D eigenvalue weighted by molar-refractivity contribution is 8.00. The van der Waals surface area contributed by atoms with Gasteiger partial charge in [0.05, 0.1) is 0 Å². The van der Waals surface area contributed by atoms with E-state index in [1.54, 1.807) is 0 Å². The maximum absolute atomic E-state index is 13.1. The van der Waals surface area contributed by atoms with Gasteiger partial charge in [0, 0.05) is 18.7 Å². The van der Waals surface area contributed by atoms with Crippen LogP contribution in [0.2, 0.25) is 0 Å². The summed E-state index contributed by atoms with van der Waals surface area (Å²) in [5.74, 6) is 6.90. The number of hydrogen-bond donors (Lipinski definition) is 1. The standard InChI is InChI=1S/C21H25N5OS/c1-4-25(5-2)20(27)18(16-9-7-6-8-10-16)28-21-24-23-19(26(21)22)17-13-11-15(3)12-14-17/h6-14,18H,4-5,22H2,1-3H3/t18-/m0/s1. The van der Waals surface area contributed by atoms with Crippen molar-refractivity contribution in [3.63, 3.8) is 0 Å². The lowest BCUT2D eigenvalue weighted by Crippen LogP contribution is -2.34. The SMILES string of the molecule is CCN(CC)C(=O)[C@@H](Sc1nnc(-c2ccc(C)cc2)n1N)c1ccccc1. The number of nitrogen functional groups attached to an aromatic ring is 1. The molecule has 0 fully saturated rings. The number of carbonyl (C=O) groups excluding carboxylic acids is 1. The molecule has 0 saturated carbocycles. The first-order chi connectivity index (χ1) is 13.5. The molecule has 0 radical (unpaired) electrons. The highest BCUT2D eigenvalue weighted by Crippen LogP contribution is 2.36. The van der Waals surface area contributed by atoms with Gasteiger partial charge in [-0.1, -0.05) is 71.9 Å². The lowest BCUT2D eigenvalue weighted by molar-refractivity contribution is -0.130. The van der Waals surface area contributed by atoms with Crippen molar-refractivity contribution in [3.05, 3.63) is 65.7 Å². The van der Waals surface area contributed by atoms with Gasteiger partial charge in [0.2, 0.25) is 11.1 Å². The van der Waals surface area contributed by atoms with E-state index in [1.165, 1.54) is 16.4 Å². The highest BCUT2D eigenvalue weighted by Gasteiger charge is 2.28. The Balaban J connectivity index is 1.93. The summed E-state index contributed by atoms with van der Waals surface area (Å²) in [6.07, 6.45) is 0. The van der Waals surface area contributed by atoms with Crippen molar-refractivity contribution >= 4 is 17.7 Å². The predicted molar refractivity (Wildman–Crippen MR) is 113 cm³/mol. The molecule has 0 bridgehead atoms. The summed E-state index contributed by atoms with van der Waals surface area (Å²) in [6, 6.07) is 17.7. The van der Waals surface area contributed by atoms with Crippen molar-refractivity contribution in [3.8, 4) is 11.4 Å². The number of nitrogens with zero attached hydrogens (tertiary/aromatic N) is 4. The first-order valence-electron chi connectivity index (χ1n) is 9.33. The molecule has 1 atom stereocenters. The van der Waals surface area contributed by atoms with Crippen LogP contribution in [0.3, 0.4) is 0 Å². The van der Waals surface area contributed by atoms with Crippen LogP contribution >= 0.6 is 11.8 Å². The molecule has 28 heavy (non-hydrogen) atoms. The molecule has 2 N–H and O–H groups in total. The molecule has 0 aliphatic rings. The van der Waals surface area contributed by atoms with E-state index in [4.69, 9.17) is 5.84 Å². The summed E-state index contributed by atoms with van der Waals surface area (Å²) in [5, 5.41) is 8.58.